The molecule has 1 aliphatic rings. The second kappa shape index (κ2) is 3.88. The highest BCUT2D eigenvalue weighted by molar-refractivity contribution is 4.93. The maximum Gasteiger partial charge on any atom is 0.0719 e. The van der Waals surface area contributed by atoms with Crippen molar-refractivity contribution in [2.24, 2.45) is 11.7 Å². The Kier molecular flexibility index (Phi) is 3.09. The predicted octanol–water partition coefficient (Wildman–Crippen LogP) is 1.05. The van der Waals surface area contributed by atoms with Gasteiger partial charge in [0.25, 0.3) is 0 Å². The maximum atomic E-state index is 9.59. The quantitative estimate of drug-likeness (QED) is 0.585. The van der Waals surface area contributed by atoms with Crippen LogP contribution in [0.15, 0.2) is 12.2 Å². The minimum absolute atomic E-state index is 0.0912. The molecule has 0 aromatic rings. The molecule has 0 fully saturated rings. The molecular formula is C9H17NO. The van der Waals surface area contributed by atoms with Crippen molar-refractivity contribution < 1.29 is 5.11 Å². The van der Waals surface area contributed by atoms with Gasteiger partial charge in [0.2, 0.25) is 0 Å². The molecule has 0 amide bonds. The van der Waals surface area contributed by atoms with Crippen LogP contribution in [0.2, 0.25) is 0 Å². The molecule has 0 spiro atoms. The Morgan fingerprint density at radius 1 is 1.55 bits per heavy atom. The average molecular weight is 155 g/mol. The first-order valence-corrected chi connectivity index (χ1v) is 4.30. The van der Waals surface area contributed by atoms with Crippen molar-refractivity contribution in [3.8, 4) is 0 Å². The third-order valence-corrected chi connectivity index (χ3v) is 2.33. The standard InChI is InChI=1S/C9H17NO/c1-7(10)9(11)8-5-3-2-4-6-8/h2-3,7-9,11H,4-6,10H2,1H3/t7-,8?,9-/m1/s1. The van der Waals surface area contributed by atoms with E-state index in [-0.39, 0.29) is 12.1 Å². The third kappa shape index (κ3) is 2.31. The molecule has 0 heterocycles. The maximum absolute atomic E-state index is 9.59. The lowest BCUT2D eigenvalue weighted by molar-refractivity contribution is 0.0823. The lowest BCUT2D eigenvalue weighted by Gasteiger charge is -2.26. The first-order chi connectivity index (χ1) is 5.22. The minimum Gasteiger partial charge on any atom is -0.391 e. The van der Waals surface area contributed by atoms with E-state index in [1.807, 2.05) is 6.92 Å². The molecule has 1 rings (SSSR count). The molecule has 2 nitrogen and oxygen atoms in total. The van der Waals surface area contributed by atoms with E-state index in [0.29, 0.717) is 5.92 Å². The molecule has 1 unspecified atom stereocenters. The Morgan fingerprint density at radius 2 is 2.27 bits per heavy atom. The summed E-state index contributed by atoms with van der Waals surface area (Å²) in [6.07, 6.45) is 7.15. The number of allylic oxidation sites excluding steroid dienone is 2. The molecule has 0 aliphatic heterocycles. The summed E-state index contributed by atoms with van der Waals surface area (Å²) in [4.78, 5) is 0. The van der Waals surface area contributed by atoms with E-state index in [9.17, 15) is 5.11 Å². The van der Waals surface area contributed by atoms with E-state index in [1.165, 1.54) is 0 Å². The van der Waals surface area contributed by atoms with Gasteiger partial charge in [0.1, 0.15) is 0 Å². The predicted molar refractivity (Wildman–Crippen MR) is 46.1 cm³/mol. The van der Waals surface area contributed by atoms with Gasteiger partial charge < -0.3 is 10.8 Å². The first kappa shape index (κ1) is 8.75. The third-order valence-electron chi connectivity index (χ3n) is 2.33. The molecule has 3 N–H and O–H groups in total. The van der Waals surface area contributed by atoms with E-state index in [4.69, 9.17) is 5.73 Å². The fraction of sp³-hybridized carbons (Fsp3) is 0.778. The zero-order valence-corrected chi connectivity index (χ0v) is 7.03. The Labute approximate surface area is 68.1 Å². The van der Waals surface area contributed by atoms with Crippen molar-refractivity contribution in [1.29, 1.82) is 0 Å². The lowest BCUT2D eigenvalue weighted by atomic mass is 9.87. The zero-order chi connectivity index (χ0) is 8.27. The molecule has 0 aromatic heterocycles. The van der Waals surface area contributed by atoms with Crippen molar-refractivity contribution in [3.05, 3.63) is 12.2 Å². The second-order valence-electron chi connectivity index (χ2n) is 3.39. The normalized spacial score (nSPS) is 29.9. The summed E-state index contributed by atoms with van der Waals surface area (Å²) in [5.74, 6) is 0.389. The van der Waals surface area contributed by atoms with Gasteiger partial charge in [-0.2, -0.15) is 0 Å². The van der Waals surface area contributed by atoms with Crippen LogP contribution in [-0.4, -0.2) is 17.3 Å². The van der Waals surface area contributed by atoms with Crippen LogP contribution in [0.3, 0.4) is 0 Å². The largest absolute Gasteiger partial charge is 0.391 e. The van der Waals surface area contributed by atoms with Crippen LogP contribution < -0.4 is 5.73 Å². The lowest BCUT2D eigenvalue weighted by Crippen LogP contribution is -2.37. The monoisotopic (exact) mass is 155 g/mol. The Bertz CT molecular complexity index is 142. The Balaban J connectivity index is 2.40. The van der Waals surface area contributed by atoms with E-state index in [0.717, 1.165) is 19.3 Å². The van der Waals surface area contributed by atoms with Crippen molar-refractivity contribution in [3.63, 3.8) is 0 Å². The first-order valence-electron chi connectivity index (χ1n) is 4.30. The van der Waals surface area contributed by atoms with Gasteiger partial charge >= 0.3 is 0 Å². The van der Waals surface area contributed by atoms with Gasteiger partial charge in [0.05, 0.1) is 6.10 Å². The van der Waals surface area contributed by atoms with Crippen LogP contribution in [0, 0.1) is 5.92 Å². The summed E-state index contributed by atoms with van der Waals surface area (Å²) < 4.78 is 0. The summed E-state index contributed by atoms with van der Waals surface area (Å²) in [7, 11) is 0. The molecule has 0 bridgehead atoms. The molecule has 0 radical (unpaired) electrons. The Hall–Kier alpha value is -0.340. The van der Waals surface area contributed by atoms with Crippen molar-refractivity contribution in [1.82, 2.24) is 0 Å². The van der Waals surface area contributed by atoms with Gasteiger partial charge in [0, 0.05) is 6.04 Å². The molecule has 2 heteroatoms. The molecule has 0 saturated carbocycles. The van der Waals surface area contributed by atoms with Crippen LogP contribution in [0.1, 0.15) is 26.2 Å². The highest BCUT2D eigenvalue weighted by atomic mass is 16.3. The number of aliphatic hydroxyl groups is 1. The van der Waals surface area contributed by atoms with Crippen LogP contribution in [0.5, 0.6) is 0 Å². The van der Waals surface area contributed by atoms with E-state index in [2.05, 4.69) is 12.2 Å². The number of hydrogen-bond donors (Lipinski definition) is 2. The van der Waals surface area contributed by atoms with Crippen molar-refractivity contribution in [2.45, 2.75) is 38.3 Å². The summed E-state index contributed by atoms with van der Waals surface area (Å²) in [5.41, 5.74) is 5.59. The van der Waals surface area contributed by atoms with Gasteiger partial charge in [-0.25, -0.2) is 0 Å². The second-order valence-corrected chi connectivity index (χ2v) is 3.39. The van der Waals surface area contributed by atoms with Crippen LogP contribution in [-0.2, 0) is 0 Å². The minimum atomic E-state index is -0.319. The van der Waals surface area contributed by atoms with Crippen LogP contribution in [0.25, 0.3) is 0 Å². The highest BCUT2D eigenvalue weighted by Crippen LogP contribution is 2.22. The molecule has 1 aliphatic carbocycles. The number of aliphatic hydroxyl groups excluding tert-OH is 1. The molecule has 0 saturated heterocycles. The topological polar surface area (TPSA) is 46.2 Å². The van der Waals surface area contributed by atoms with Gasteiger partial charge in [-0.05, 0) is 32.1 Å². The van der Waals surface area contributed by atoms with Crippen molar-refractivity contribution in [2.75, 3.05) is 0 Å². The fourth-order valence-corrected chi connectivity index (χ4v) is 1.56. The van der Waals surface area contributed by atoms with Crippen LogP contribution >= 0.6 is 0 Å². The average Bonchev–Trinajstić information content (AvgIpc) is 2.05. The number of rotatable bonds is 2. The summed E-state index contributed by atoms with van der Waals surface area (Å²) in [6, 6.07) is -0.0912. The molecule has 0 aromatic carbocycles. The van der Waals surface area contributed by atoms with Gasteiger partial charge in [-0.3, -0.25) is 0 Å². The fourth-order valence-electron chi connectivity index (χ4n) is 1.56. The van der Waals surface area contributed by atoms with Gasteiger partial charge in [-0.1, -0.05) is 12.2 Å². The summed E-state index contributed by atoms with van der Waals surface area (Å²) >= 11 is 0. The smallest absolute Gasteiger partial charge is 0.0719 e. The number of nitrogens with two attached hydrogens (primary N) is 1. The van der Waals surface area contributed by atoms with Crippen LogP contribution in [0.4, 0.5) is 0 Å². The molecular weight excluding hydrogens is 138 g/mol. The summed E-state index contributed by atoms with van der Waals surface area (Å²) in [5, 5.41) is 9.59. The summed E-state index contributed by atoms with van der Waals surface area (Å²) in [6.45, 7) is 1.86. The molecule has 64 valence electrons. The number of hydrogen-bond acceptors (Lipinski definition) is 2. The molecule has 3 atom stereocenters. The van der Waals surface area contributed by atoms with Crippen molar-refractivity contribution >= 4 is 0 Å². The van der Waals surface area contributed by atoms with E-state index in [1.54, 1.807) is 0 Å². The SMILES string of the molecule is C[C@@H](N)[C@@H](O)C1CC=CCC1. The van der Waals surface area contributed by atoms with E-state index < -0.39 is 0 Å². The zero-order valence-electron chi connectivity index (χ0n) is 7.03. The van der Waals surface area contributed by atoms with Gasteiger partial charge in [-0.15, -0.1) is 0 Å². The highest BCUT2D eigenvalue weighted by Gasteiger charge is 2.21. The molecule has 11 heavy (non-hydrogen) atoms. The van der Waals surface area contributed by atoms with Gasteiger partial charge in [0.15, 0.2) is 0 Å². The Morgan fingerprint density at radius 3 is 2.73 bits per heavy atom. The van der Waals surface area contributed by atoms with E-state index >= 15 is 0 Å².